The summed E-state index contributed by atoms with van der Waals surface area (Å²) in [6, 6.07) is 94.9. The number of allylic oxidation sites excluding steroid dienone is 2. The molecule has 4 aliphatic carbocycles. The Morgan fingerprint density at radius 3 is 0.789 bits per heavy atom. The predicted molar refractivity (Wildman–Crippen MR) is 388 cm³/mol. The molecule has 0 radical (unpaired) electrons. The first-order valence-corrected chi connectivity index (χ1v) is 43.7. The van der Waals surface area contributed by atoms with Crippen molar-refractivity contribution in [1.29, 1.82) is 0 Å². The topological polar surface area (TPSA) is 0 Å². The van der Waals surface area contributed by atoms with Crippen LogP contribution < -0.4 is 0 Å². The Bertz CT molecular complexity index is 4790. The van der Waals surface area contributed by atoms with Crippen molar-refractivity contribution in [3.8, 4) is 44.5 Å². The van der Waals surface area contributed by atoms with Crippen molar-refractivity contribution in [2.75, 3.05) is 0 Å². The van der Waals surface area contributed by atoms with Gasteiger partial charge in [-0.3, -0.25) is 0 Å². The molecule has 0 aromatic heterocycles. The zero-order chi connectivity index (χ0) is 59.6. The summed E-state index contributed by atoms with van der Waals surface area (Å²) in [6.07, 6.45) is 18.9. The molecule has 4 aliphatic rings. The summed E-state index contributed by atoms with van der Waals surface area (Å²) >= 11 is -3.11. The molecule has 0 bridgehead atoms. The van der Waals surface area contributed by atoms with Crippen molar-refractivity contribution in [3.63, 3.8) is 0 Å². The van der Waals surface area contributed by atoms with Crippen molar-refractivity contribution >= 4 is 104 Å². The van der Waals surface area contributed by atoms with Crippen LogP contribution >= 0.6 is 0 Å². The van der Waals surface area contributed by atoms with Crippen LogP contribution in [-0.4, -0.2) is 5.92 Å². The van der Waals surface area contributed by atoms with Gasteiger partial charge in [-0.05, 0) is 0 Å². The summed E-state index contributed by atoms with van der Waals surface area (Å²) < 4.78 is 0.760. The maximum absolute atomic E-state index is 3.11. The van der Waals surface area contributed by atoms with Crippen LogP contribution in [0.3, 0.4) is 0 Å². The van der Waals surface area contributed by atoms with E-state index >= 15 is 0 Å². The Labute approximate surface area is 537 Å². The van der Waals surface area contributed by atoms with Gasteiger partial charge in [-0.15, -0.1) is 0 Å². The molecule has 2 unspecified atom stereocenters. The van der Waals surface area contributed by atoms with E-state index in [0.717, 1.165) is 0 Å². The molecular weight excluding hydrogens is 1180 g/mol. The number of benzene rings is 14. The van der Waals surface area contributed by atoms with E-state index < -0.39 is 26.8 Å². The molecule has 2 fully saturated rings. The first-order valence-electron chi connectivity index (χ1n) is 33.7. The van der Waals surface area contributed by atoms with Crippen molar-refractivity contribution < 1.29 is 20.9 Å². The summed E-state index contributed by atoms with van der Waals surface area (Å²) in [6.45, 7) is 5.71. The summed E-state index contributed by atoms with van der Waals surface area (Å²) in [4.78, 5) is 0. The minimum atomic E-state index is -3.11. The van der Waals surface area contributed by atoms with Gasteiger partial charge in [0.1, 0.15) is 0 Å². The molecule has 0 amide bonds. The first-order chi connectivity index (χ1) is 44.5. The van der Waals surface area contributed by atoms with E-state index in [0.29, 0.717) is 19.1 Å². The molecule has 433 valence electrons. The normalized spacial score (nSPS) is 16.9. The molecule has 14 aromatic rings. The van der Waals surface area contributed by atoms with Gasteiger partial charge in [0.25, 0.3) is 0 Å². The van der Waals surface area contributed by atoms with E-state index in [-0.39, 0.29) is 0 Å². The summed E-state index contributed by atoms with van der Waals surface area (Å²) in [5.41, 5.74) is 21.3. The molecule has 0 aliphatic heterocycles. The Morgan fingerprint density at radius 2 is 0.533 bits per heavy atom. The van der Waals surface area contributed by atoms with Crippen LogP contribution in [0, 0.1) is 11.8 Å². The molecular formula is C88H73SiZr. The SMILES string of the molecule is C[SiH](C)[Zr]([CH]1C(CC2CCCC2)=Cc2c(-c3c4ccccc4cc4ccccc34)ccc(-c3c4ccccc4cc4ccccc34)c21)[CH]1C(CC2CCCC2)=Cc2c(-c3c4ccccc4cc4ccccc34)ccc(-c3c4ccccc4cc4ccccc34)c21. The second kappa shape index (κ2) is 22.3. The number of rotatable bonds is 11. The third-order valence-electron chi connectivity index (χ3n) is 22.0. The fourth-order valence-corrected chi connectivity index (χ4v) is 41.0. The Morgan fingerprint density at radius 1 is 0.300 bits per heavy atom. The van der Waals surface area contributed by atoms with E-state index in [9.17, 15) is 0 Å². The average molecular weight is 1250 g/mol. The van der Waals surface area contributed by atoms with E-state index in [1.807, 2.05) is 0 Å². The third kappa shape index (κ3) is 8.90. The number of hydrogen-bond acceptors (Lipinski definition) is 0. The van der Waals surface area contributed by atoms with Gasteiger partial charge in [-0.25, -0.2) is 0 Å². The van der Waals surface area contributed by atoms with Gasteiger partial charge in [-0.2, -0.15) is 0 Å². The number of hydrogen-bond donors (Lipinski definition) is 0. The predicted octanol–water partition coefficient (Wildman–Crippen LogP) is 24.9. The first kappa shape index (κ1) is 54.7. The van der Waals surface area contributed by atoms with Crippen LogP contribution in [-0.2, 0) is 20.9 Å². The Kier molecular flexibility index (Phi) is 13.5. The van der Waals surface area contributed by atoms with Gasteiger partial charge in [0.2, 0.25) is 0 Å². The van der Waals surface area contributed by atoms with Crippen LogP contribution in [0.1, 0.15) is 93.7 Å². The summed E-state index contributed by atoms with van der Waals surface area (Å²) in [5, 5.41) is 21.4. The summed E-state index contributed by atoms with van der Waals surface area (Å²) in [7, 11) is 0. The molecule has 0 spiro atoms. The van der Waals surface area contributed by atoms with Crippen molar-refractivity contribution in [3.05, 3.63) is 276 Å². The van der Waals surface area contributed by atoms with Gasteiger partial charge in [0.05, 0.1) is 0 Å². The second-order valence-corrected chi connectivity index (χ2v) is 47.5. The monoisotopic (exact) mass is 1250 g/mol. The van der Waals surface area contributed by atoms with Crippen LogP contribution in [0.5, 0.6) is 0 Å². The quantitative estimate of drug-likeness (QED) is 0.0894. The minimum absolute atomic E-state index is 0.380. The average Bonchev–Trinajstić information content (AvgIpc) is 1.51. The van der Waals surface area contributed by atoms with Crippen LogP contribution in [0.15, 0.2) is 254 Å². The molecule has 18 rings (SSSR count). The van der Waals surface area contributed by atoms with Gasteiger partial charge in [0, 0.05) is 0 Å². The zero-order valence-corrected chi connectivity index (χ0v) is 55.3. The van der Waals surface area contributed by atoms with E-state index in [1.165, 1.54) is 206 Å². The Balaban J connectivity index is 0.988. The molecule has 2 heteroatoms. The van der Waals surface area contributed by atoms with Crippen LogP contribution in [0.4, 0.5) is 0 Å². The molecule has 2 saturated carbocycles. The van der Waals surface area contributed by atoms with Gasteiger partial charge < -0.3 is 0 Å². The van der Waals surface area contributed by atoms with E-state index in [4.69, 9.17) is 0 Å². The Hall–Kier alpha value is -8.26. The van der Waals surface area contributed by atoms with Crippen LogP contribution in [0.25, 0.3) is 143 Å². The molecule has 0 nitrogen and oxygen atoms in total. The standard InChI is InChI=1S/2C43H33.C2H7Si.Zr/c2*1-2-12-28(11-1)23-29-24-40-38(42-34-17-7-3-13-30(34)26-31-14-4-8-18-35(31)42)21-22-39(41(40)25-29)43-36-19-9-5-15-32(36)27-33-16-6-10-20-37(33)43;1-3-2;/h2*3-10,13-22,24-28H,1-2,11-12,23H2;3H,1-2H3;. The molecule has 2 atom stereocenters. The van der Waals surface area contributed by atoms with Crippen molar-refractivity contribution in [2.24, 2.45) is 11.8 Å². The molecule has 14 aromatic carbocycles. The van der Waals surface area contributed by atoms with Gasteiger partial charge in [-0.1, -0.05) is 0 Å². The zero-order valence-electron chi connectivity index (χ0n) is 51.7. The van der Waals surface area contributed by atoms with Gasteiger partial charge >= 0.3 is 542 Å². The van der Waals surface area contributed by atoms with E-state index in [2.05, 4.69) is 268 Å². The van der Waals surface area contributed by atoms with Gasteiger partial charge in [0.15, 0.2) is 0 Å². The number of fused-ring (bicyclic) bond motifs is 10. The fraction of sp³-hybridized carbons (Fsp3) is 0.182. The fourth-order valence-electron chi connectivity index (χ4n) is 18.2. The van der Waals surface area contributed by atoms with Crippen molar-refractivity contribution in [2.45, 2.75) is 84.6 Å². The van der Waals surface area contributed by atoms with Crippen LogP contribution in [0.2, 0.25) is 13.1 Å². The summed E-state index contributed by atoms with van der Waals surface area (Å²) in [5.74, 6) is -0.138. The molecule has 90 heavy (non-hydrogen) atoms. The molecule has 0 saturated heterocycles. The molecule has 0 N–H and O–H groups in total. The van der Waals surface area contributed by atoms with Crippen molar-refractivity contribution in [1.82, 2.24) is 0 Å². The second-order valence-electron chi connectivity index (χ2n) is 27.4. The van der Waals surface area contributed by atoms with E-state index in [1.54, 1.807) is 22.3 Å². The molecule has 0 heterocycles. The maximum atomic E-state index is 2.90. The third-order valence-corrected chi connectivity index (χ3v) is 43.7.